The van der Waals surface area contributed by atoms with E-state index in [0.717, 1.165) is 9.87 Å². The number of sulfonamides is 1. The molecule has 0 saturated heterocycles. The van der Waals surface area contributed by atoms with Crippen molar-refractivity contribution < 1.29 is 18.3 Å². The summed E-state index contributed by atoms with van der Waals surface area (Å²) in [5.74, 6) is -1.25. The first-order chi connectivity index (χ1) is 11.2. The van der Waals surface area contributed by atoms with E-state index >= 15 is 0 Å². The summed E-state index contributed by atoms with van der Waals surface area (Å²) in [6.07, 6.45) is 0. The number of rotatable bonds is 5. The fourth-order valence-corrected chi connectivity index (χ4v) is 4.15. The third-order valence-electron chi connectivity index (χ3n) is 3.76. The third kappa shape index (κ3) is 3.39. The number of aliphatic carboxylic acids is 1. The molecule has 0 amide bonds. The van der Waals surface area contributed by atoms with Crippen LogP contribution in [0.15, 0.2) is 47.4 Å². The summed E-state index contributed by atoms with van der Waals surface area (Å²) in [4.78, 5) is 11.5. The van der Waals surface area contributed by atoms with Gasteiger partial charge in [-0.3, -0.25) is 4.31 Å². The summed E-state index contributed by atoms with van der Waals surface area (Å²) in [5.41, 5.74) is 1.66. The van der Waals surface area contributed by atoms with E-state index < -0.39 is 22.0 Å². The van der Waals surface area contributed by atoms with Gasteiger partial charge in [0.05, 0.1) is 10.6 Å². The monoisotopic (exact) mass is 367 g/mol. The number of carbonyl (C=O) groups is 1. The second kappa shape index (κ2) is 6.83. The van der Waals surface area contributed by atoms with Gasteiger partial charge in [-0.15, -0.1) is 0 Å². The fourth-order valence-electron chi connectivity index (χ4n) is 2.31. The first kappa shape index (κ1) is 18.3. The highest BCUT2D eigenvalue weighted by atomic mass is 35.5. The van der Waals surface area contributed by atoms with E-state index in [9.17, 15) is 18.3 Å². The highest BCUT2D eigenvalue weighted by Gasteiger charge is 2.34. The minimum atomic E-state index is -4.06. The van der Waals surface area contributed by atoms with Crippen molar-refractivity contribution in [3.8, 4) is 0 Å². The van der Waals surface area contributed by atoms with Crippen molar-refractivity contribution in [2.24, 2.45) is 0 Å². The third-order valence-corrected chi connectivity index (χ3v) is 6.07. The molecule has 0 aliphatic carbocycles. The minimum Gasteiger partial charge on any atom is -0.480 e. The van der Waals surface area contributed by atoms with E-state index in [1.807, 2.05) is 6.92 Å². The molecule has 0 fully saturated rings. The maximum atomic E-state index is 13.1. The van der Waals surface area contributed by atoms with Gasteiger partial charge < -0.3 is 5.11 Å². The van der Waals surface area contributed by atoms with Crippen molar-refractivity contribution in [2.75, 3.05) is 4.31 Å². The fraction of sp³-hybridized carbons (Fsp3) is 0.235. The second-order valence-corrected chi connectivity index (χ2v) is 7.73. The molecule has 2 rings (SSSR count). The quantitative estimate of drug-likeness (QED) is 0.875. The molecule has 1 N–H and O–H groups in total. The van der Waals surface area contributed by atoms with Gasteiger partial charge >= 0.3 is 5.97 Å². The number of nitrogens with zero attached hydrogens (tertiary/aromatic N) is 1. The largest absolute Gasteiger partial charge is 0.480 e. The average Bonchev–Trinajstić information content (AvgIpc) is 2.51. The maximum absolute atomic E-state index is 13.1. The molecule has 2 aromatic rings. The van der Waals surface area contributed by atoms with Crippen LogP contribution in [0.5, 0.6) is 0 Å². The molecule has 2 aromatic carbocycles. The molecule has 1 unspecified atom stereocenters. The molecule has 0 bridgehead atoms. The molecular formula is C17H18ClNO4S. The Morgan fingerprint density at radius 1 is 1.12 bits per heavy atom. The van der Waals surface area contributed by atoms with Crippen LogP contribution in [0.2, 0.25) is 5.02 Å². The Kier molecular flexibility index (Phi) is 5.20. The van der Waals surface area contributed by atoms with Crippen LogP contribution < -0.4 is 4.31 Å². The molecule has 0 radical (unpaired) electrons. The molecular weight excluding hydrogens is 350 g/mol. The molecule has 24 heavy (non-hydrogen) atoms. The number of carboxylic acid groups (broad SMARTS) is 1. The Labute approximate surface area is 146 Å². The van der Waals surface area contributed by atoms with Gasteiger partial charge in [0.2, 0.25) is 0 Å². The van der Waals surface area contributed by atoms with E-state index in [0.29, 0.717) is 10.6 Å². The summed E-state index contributed by atoms with van der Waals surface area (Å²) in [5, 5.41) is 9.76. The molecule has 7 heteroatoms. The lowest BCUT2D eigenvalue weighted by atomic mass is 10.2. The summed E-state index contributed by atoms with van der Waals surface area (Å²) in [6, 6.07) is 9.75. The standard InChI is InChI=1S/C17H18ClNO4S/c1-11-7-9-14(10-8-11)24(22,23)19(13(3)17(20)21)16-6-4-5-15(18)12(16)2/h4-10,13H,1-3H3,(H,20,21). The Hall–Kier alpha value is -2.05. The van der Waals surface area contributed by atoms with E-state index in [-0.39, 0.29) is 10.6 Å². The molecule has 0 aliphatic heterocycles. The smallest absolute Gasteiger partial charge is 0.327 e. The van der Waals surface area contributed by atoms with Gasteiger partial charge in [0.1, 0.15) is 6.04 Å². The van der Waals surface area contributed by atoms with Crippen LogP contribution in [0.3, 0.4) is 0 Å². The van der Waals surface area contributed by atoms with Crippen molar-refractivity contribution in [1.82, 2.24) is 0 Å². The zero-order valence-corrected chi connectivity index (χ0v) is 15.1. The summed E-state index contributed by atoms with van der Waals surface area (Å²) in [7, 11) is -4.06. The average molecular weight is 368 g/mol. The topological polar surface area (TPSA) is 74.7 Å². The molecule has 5 nitrogen and oxygen atoms in total. The highest BCUT2D eigenvalue weighted by molar-refractivity contribution is 7.93. The van der Waals surface area contributed by atoms with Crippen LogP contribution in [0.4, 0.5) is 5.69 Å². The molecule has 0 spiro atoms. The molecule has 1 atom stereocenters. The normalized spacial score (nSPS) is 12.7. The number of hydrogen-bond acceptors (Lipinski definition) is 3. The zero-order chi connectivity index (χ0) is 18.1. The van der Waals surface area contributed by atoms with Crippen LogP contribution >= 0.6 is 11.6 Å². The van der Waals surface area contributed by atoms with E-state index in [1.165, 1.54) is 19.1 Å². The first-order valence-electron chi connectivity index (χ1n) is 7.25. The summed E-state index contributed by atoms with van der Waals surface area (Å²) >= 11 is 6.09. The minimum absolute atomic E-state index is 0.0283. The van der Waals surface area contributed by atoms with Crippen LogP contribution in [-0.4, -0.2) is 25.5 Å². The van der Waals surface area contributed by atoms with Gasteiger partial charge in [0.25, 0.3) is 10.0 Å². The van der Waals surface area contributed by atoms with Gasteiger partial charge in [0, 0.05) is 5.02 Å². The molecule has 0 saturated carbocycles. The Morgan fingerprint density at radius 3 is 2.25 bits per heavy atom. The number of aryl methyl sites for hydroxylation is 1. The lowest BCUT2D eigenvalue weighted by Gasteiger charge is -2.29. The van der Waals surface area contributed by atoms with Crippen molar-refractivity contribution >= 4 is 33.3 Å². The van der Waals surface area contributed by atoms with Gasteiger partial charge in [-0.2, -0.15) is 0 Å². The van der Waals surface area contributed by atoms with Gasteiger partial charge in [-0.25, -0.2) is 13.2 Å². The molecule has 0 aliphatic rings. The lowest BCUT2D eigenvalue weighted by Crippen LogP contribution is -2.43. The highest BCUT2D eigenvalue weighted by Crippen LogP contribution is 2.32. The summed E-state index contributed by atoms with van der Waals surface area (Å²) in [6.45, 7) is 4.83. The van der Waals surface area contributed by atoms with Crippen LogP contribution in [0.25, 0.3) is 0 Å². The summed E-state index contributed by atoms with van der Waals surface area (Å²) < 4.78 is 27.1. The predicted molar refractivity (Wildman–Crippen MR) is 94.1 cm³/mol. The molecule has 0 aromatic heterocycles. The zero-order valence-electron chi connectivity index (χ0n) is 13.5. The first-order valence-corrected chi connectivity index (χ1v) is 9.07. The Morgan fingerprint density at radius 2 is 1.71 bits per heavy atom. The number of benzene rings is 2. The Bertz CT molecular complexity index is 863. The number of carboxylic acids is 1. The predicted octanol–water partition coefficient (Wildman–Crippen LogP) is 3.63. The number of anilines is 1. The van der Waals surface area contributed by atoms with Crippen LogP contribution in [0, 0.1) is 13.8 Å². The van der Waals surface area contributed by atoms with Crippen molar-refractivity contribution in [1.29, 1.82) is 0 Å². The van der Waals surface area contributed by atoms with E-state index in [4.69, 9.17) is 11.6 Å². The van der Waals surface area contributed by atoms with Crippen LogP contribution in [0.1, 0.15) is 18.1 Å². The SMILES string of the molecule is Cc1ccc(S(=O)(=O)N(c2cccc(Cl)c2C)C(C)C(=O)O)cc1. The Balaban J connectivity index is 2.69. The second-order valence-electron chi connectivity index (χ2n) is 5.51. The van der Waals surface area contributed by atoms with Crippen molar-refractivity contribution in [2.45, 2.75) is 31.7 Å². The van der Waals surface area contributed by atoms with E-state index in [1.54, 1.807) is 37.3 Å². The molecule has 0 heterocycles. The lowest BCUT2D eigenvalue weighted by molar-refractivity contribution is -0.137. The van der Waals surface area contributed by atoms with Gasteiger partial charge in [-0.1, -0.05) is 35.4 Å². The van der Waals surface area contributed by atoms with Crippen molar-refractivity contribution in [3.63, 3.8) is 0 Å². The van der Waals surface area contributed by atoms with Crippen molar-refractivity contribution in [3.05, 3.63) is 58.6 Å². The van der Waals surface area contributed by atoms with Crippen LogP contribution in [-0.2, 0) is 14.8 Å². The number of halogens is 1. The van der Waals surface area contributed by atoms with E-state index in [2.05, 4.69) is 0 Å². The van der Waals surface area contributed by atoms with Gasteiger partial charge in [0.15, 0.2) is 0 Å². The van der Waals surface area contributed by atoms with Gasteiger partial charge in [-0.05, 0) is 50.6 Å². The number of hydrogen-bond donors (Lipinski definition) is 1. The molecule has 128 valence electrons. The maximum Gasteiger partial charge on any atom is 0.327 e.